The van der Waals surface area contributed by atoms with E-state index in [-0.39, 0.29) is 0 Å². The quantitative estimate of drug-likeness (QED) is 0.809. The smallest absolute Gasteiger partial charge is 0.0340 e. The van der Waals surface area contributed by atoms with Crippen LogP contribution in [0.3, 0.4) is 0 Å². The first-order valence-corrected chi connectivity index (χ1v) is 9.66. The third-order valence-corrected chi connectivity index (χ3v) is 5.64. The molecule has 2 saturated heterocycles. The topological polar surface area (TPSA) is 21.8 Å². The van der Waals surface area contributed by atoms with Crippen LogP contribution in [0.25, 0.3) is 0 Å². The van der Waals surface area contributed by atoms with Crippen molar-refractivity contribution < 1.29 is 0 Å². The van der Waals surface area contributed by atoms with Gasteiger partial charge in [0.15, 0.2) is 0 Å². The fourth-order valence-electron chi connectivity index (χ4n) is 3.90. The standard InChI is InChI=1S/C20H34N4/c1-18-4-6-19(7-5-18)21-10-3-11-23-12-8-20(9-13-23)24-16-14-22(2)15-17-24/h4-7,20-21H,3,8-17H2,1-2H3. The van der Waals surface area contributed by atoms with Crippen LogP contribution in [0, 0.1) is 6.92 Å². The highest BCUT2D eigenvalue weighted by molar-refractivity contribution is 5.44. The molecule has 0 bridgehead atoms. The van der Waals surface area contributed by atoms with E-state index in [9.17, 15) is 0 Å². The zero-order valence-electron chi connectivity index (χ0n) is 15.5. The van der Waals surface area contributed by atoms with E-state index < -0.39 is 0 Å². The van der Waals surface area contributed by atoms with E-state index in [1.807, 2.05) is 0 Å². The summed E-state index contributed by atoms with van der Waals surface area (Å²) in [6, 6.07) is 9.53. The third kappa shape index (κ3) is 5.20. The molecule has 0 amide bonds. The number of benzene rings is 1. The van der Waals surface area contributed by atoms with Crippen molar-refractivity contribution in [2.45, 2.75) is 32.2 Å². The second-order valence-corrected chi connectivity index (χ2v) is 7.56. The number of likely N-dealkylation sites (N-methyl/N-ethyl adjacent to an activating group) is 1. The lowest BCUT2D eigenvalue weighted by Crippen LogP contribution is -2.52. The predicted molar refractivity (Wildman–Crippen MR) is 103 cm³/mol. The number of hydrogen-bond acceptors (Lipinski definition) is 4. The van der Waals surface area contributed by atoms with Crippen LogP contribution in [-0.4, -0.2) is 80.1 Å². The summed E-state index contributed by atoms with van der Waals surface area (Å²) in [6.45, 7) is 12.0. The average Bonchev–Trinajstić information content (AvgIpc) is 2.62. The average molecular weight is 331 g/mol. The van der Waals surface area contributed by atoms with Gasteiger partial charge in [-0.3, -0.25) is 4.90 Å². The molecule has 2 fully saturated rings. The highest BCUT2D eigenvalue weighted by Crippen LogP contribution is 2.18. The molecule has 0 aromatic heterocycles. The maximum atomic E-state index is 3.54. The molecule has 134 valence electrons. The Hall–Kier alpha value is -1.10. The molecule has 4 heteroatoms. The Kier molecular flexibility index (Phi) is 6.52. The van der Waals surface area contributed by atoms with Crippen LogP contribution in [0.4, 0.5) is 5.69 Å². The molecule has 2 heterocycles. The first kappa shape index (κ1) is 17.7. The highest BCUT2D eigenvalue weighted by Gasteiger charge is 2.26. The van der Waals surface area contributed by atoms with Gasteiger partial charge < -0.3 is 15.1 Å². The molecule has 0 radical (unpaired) electrons. The van der Waals surface area contributed by atoms with E-state index >= 15 is 0 Å². The van der Waals surface area contributed by atoms with Crippen LogP contribution in [0.15, 0.2) is 24.3 Å². The second kappa shape index (κ2) is 8.84. The van der Waals surface area contributed by atoms with Crippen molar-refractivity contribution in [3.05, 3.63) is 29.8 Å². The number of piperidine rings is 1. The van der Waals surface area contributed by atoms with Gasteiger partial charge in [0.2, 0.25) is 0 Å². The van der Waals surface area contributed by atoms with Crippen molar-refractivity contribution in [2.75, 3.05) is 64.7 Å². The molecule has 0 spiro atoms. The summed E-state index contributed by atoms with van der Waals surface area (Å²) in [5.74, 6) is 0. The molecule has 0 unspecified atom stereocenters. The molecule has 2 aliphatic heterocycles. The lowest BCUT2D eigenvalue weighted by molar-refractivity contribution is 0.0677. The van der Waals surface area contributed by atoms with Gasteiger partial charge in [-0.2, -0.15) is 0 Å². The molecule has 1 aromatic carbocycles. The molecule has 24 heavy (non-hydrogen) atoms. The summed E-state index contributed by atoms with van der Waals surface area (Å²) >= 11 is 0. The van der Waals surface area contributed by atoms with E-state index in [0.29, 0.717) is 0 Å². The van der Waals surface area contributed by atoms with E-state index in [0.717, 1.165) is 12.6 Å². The minimum Gasteiger partial charge on any atom is -0.385 e. The number of nitrogens with one attached hydrogen (secondary N) is 1. The summed E-state index contributed by atoms with van der Waals surface area (Å²) < 4.78 is 0. The largest absolute Gasteiger partial charge is 0.385 e. The Morgan fingerprint density at radius 3 is 2.29 bits per heavy atom. The number of nitrogens with zero attached hydrogens (tertiary/aromatic N) is 3. The number of likely N-dealkylation sites (tertiary alicyclic amines) is 1. The zero-order chi connectivity index (χ0) is 16.8. The number of anilines is 1. The molecular formula is C20H34N4. The van der Waals surface area contributed by atoms with Gasteiger partial charge in [0.25, 0.3) is 0 Å². The fraction of sp³-hybridized carbons (Fsp3) is 0.700. The Morgan fingerprint density at radius 1 is 0.958 bits per heavy atom. The maximum Gasteiger partial charge on any atom is 0.0340 e. The molecule has 1 aromatic rings. The van der Waals surface area contributed by atoms with Gasteiger partial charge in [-0.1, -0.05) is 17.7 Å². The van der Waals surface area contributed by atoms with Gasteiger partial charge in [0, 0.05) is 44.5 Å². The van der Waals surface area contributed by atoms with Gasteiger partial charge in [-0.15, -0.1) is 0 Å². The summed E-state index contributed by atoms with van der Waals surface area (Å²) in [5, 5.41) is 3.54. The fourth-order valence-corrected chi connectivity index (χ4v) is 3.90. The van der Waals surface area contributed by atoms with Crippen molar-refractivity contribution in [3.8, 4) is 0 Å². The minimum atomic E-state index is 0.834. The van der Waals surface area contributed by atoms with Crippen molar-refractivity contribution in [2.24, 2.45) is 0 Å². The molecule has 0 atom stereocenters. The first-order chi connectivity index (χ1) is 11.7. The van der Waals surface area contributed by atoms with Crippen LogP contribution in [0.2, 0.25) is 0 Å². The summed E-state index contributed by atoms with van der Waals surface area (Å²) in [7, 11) is 2.24. The molecule has 4 nitrogen and oxygen atoms in total. The molecule has 3 rings (SSSR count). The van der Waals surface area contributed by atoms with Crippen molar-refractivity contribution >= 4 is 5.69 Å². The van der Waals surface area contributed by atoms with E-state index in [2.05, 4.69) is 58.3 Å². The first-order valence-electron chi connectivity index (χ1n) is 9.66. The normalized spacial score (nSPS) is 21.9. The number of piperazine rings is 1. The van der Waals surface area contributed by atoms with Crippen molar-refractivity contribution in [1.82, 2.24) is 14.7 Å². The predicted octanol–water partition coefficient (Wildman–Crippen LogP) is 2.51. The number of rotatable bonds is 6. The Balaban J connectivity index is 1.29. The van der Waals surface area contributed by atoms with Crippen LogP contribution in [-0.2, 0) is 0 Å². The molecule has 0 aliphatic carbocycles. The van der Waals surface area contributed by atoms with Crippen LogP contribution in [0.1, 0.15) is 24.8 Å². The van der Waals surface area contributed by atoms with Crippen LogP contribution >= 0.6 is 0 Å². The summed E-state index contributed by atoms with van der Waals surface area (Å²) in [6.07, 6.45) is 3.94. The minimum absolute atomic E-state index is 0.834. The van der Waals surface area contributed by atoms with Crippen molar-refractivity contribution in [1.29, 1.82) is 0 Å². The van der Waals surface area contributed by atoms with E-state index in [4.69, 9.17) is 0 Å². The Bertz CT molecular complexity index is 471. The Morgan fingerprint density at radius 2 is 1.62 bits per heavy atom. The summed E-state index contributed by atoms with van der Waals surface area (Å²) in [4.78, 5) is 7.84. The number of aryl methyl sites for hydroxylation is 1. The maximum absolute atomic E-state index is 3.54. The lowest BCUT2D eigenvalue weighted by atomic mass is 10.0. The molecular weight excluding hydrogens is 296 g/mol. The van der Waals surface area contributed by atoms with Gasteiger partial charge >= 0.3 is 0 Å². The SMILES string of the molecule is Cc1ccc(NCCCN2CCC(N3CCN(C)CC3)CC2)cc1. The van der Waals surface area contributed by atoms with E-state index in [1.165, 1.54) is 76.3 Å². The van der Waals surface area contributed by atoms with Gasteiger partial charge in [-0.25, -0.2) is 0 Å². The number of hydrogen-bond donors (Lipinski definition) is 1. The molecule has 2 aliphatic rings. The zero-order valence-corrected chi connectivity index (χ0v) is 15.5. The van der Waals surface area contributed by atoms with Gasteiger partial charge in [-0.05, 0) is 65.0 Å². The van der Waals surface area contributed by atoms with E-state index in [1.54, 1.807) is 0 Å². The van der Waals surface area contributed by atoms with Gasteiger partial charge in [0.05, 0.1) is 0 Å². The van der Waals surface area contributed by atoms with Gasteiger partial charge in [0.1, 0.15) is 0 Å². The third-order valence-electron chi connectivity index (χ3n) is 5.64. The molecule has 0 saturated carbocycles. The Labute approximate surface area is 147 Å². The monoisotopic (exact) mass is 330 g/mol. The van der Waals surface area contributed by atoms with Crippen LogP contribution < -0.4 is 5.32 Å². The lowest BCUT2D eigenvalue weighted by Gasteiger charge is -2.42. The van der Waals surface area contributed by atoms with Crippen molar-refractivity contribution in [3.63, 3.8) is 0 Å². The summed E-state index contributed by atoms with van der Waals surface area (Å²) in [5.41, 5.74) is 2.57. The van der Waals surface area contributed by atoms with Crippen LogP contribution in [0.5, 0.6) is 0 Å². The molecule has 1 N–H and O–H groups in total. The second-order valence-electron chi connectivity index (χ2n) is 7.56. The highest BCUT2D eigenvalue weighted by atomic mass is 15.3.